The van der Waals surface area contributed by atoms with Gasteiger partial charge in [0.2, 0.25) is 0 Å². The molecule has 14 heavy (non-hydrogen) atoms. The Labute approximate surface area is 91.6 Å². The van der Waals surface area contributed by atoms with Gasteiger partial charge in [-0.25, -0.2) is 0 Å². The first kappa shape index (κ1) is 9.54. The second-order valence-corrected chi connectivity index (χ2v) is 4.64. The van der Waals surface area contributed by atoms with Gasteiger partial charge < -0.3 is 4.74 Å². The molecule has 0 spiro atoms. The monoisotopic (exact) mass is 251 g/mol. The fraction of sp³-hybridized carbons (Fsp3) is 0.364. The number of nitrogens with zero attached hydrogens (tertiary/aromatic N) is 1. The van der Waals surface area contributed by atoms with Crippen LogP contribution in [-0.4, -0.2) is 11.4 Å². The van der Waals surface area contributed by atoms with E-state index in [-0.39, 0.29) is 0 Å². The Hall–Kier alpha value is -1.01. The molecule has 2 rings (SSSR count). The fourth-order valence-electron chi connectivity index (χ4n) is 1.21. The topological polar surface area (TPSA) is 33.0 Å². The van der Waals surface area contributed by atoms with Gasteiger partial charge in [-0.1, -0.05) is 15.9 Å². The Morgan fingerprint density at radius 3 is 2.57 bits per heavy atom. The first-order chi connectivity index (χ1) is 6.79. The summed E-state index contributed by atoms with van der Waals surface area (Å²) in [5.74, 6) is 1.50. The Morgan fingerprint density at radius 2 is 2.07 bits per heavy atom. The van der Waals surface area contributed by atoms with Crippen LogP contribution >= 0.6 is 15.9 Å². The maximum absolute atomic E-state index is 8.59. The summed E-state index contributed by atoms with van der Waals surface area (Å²) < 4.78 is 5.56. The van der Waals surface area contributed by atoms with Crippen LogP contribution in [0.1, 0.15) is 12.0 Å². The van der Waals surface area contributed by atoms with Crippen molar-refractivity contribution < 1.29 is 4.74 Å². The normalized spacial score (nSPS) is 24.0. The Morgan fingerprint density at radius 1 is 1.43 bits per heavy atom. The standard InChI is InChI=1S/C11H10BrNO/c12-11-5-9(11)7-14-10-3-1-8(6-13)2-4-10/h1-4,9,11H,5,7H2/t9-,11+/m0/s1. The van der Waals surface area contributed by atoms with Gasteiger partial charge in [0.1, 0.15) is 5.75 Å². The van der Waals surface area contributed by atoms with E-state index in [2.05, 4.69) is 22.0 Å². The summed E-state index contributed by atoms with van der Waals surface area (Å²) in [7, 11) is 0. The number of alkyl halides is 1. The lowest BCUT2D eigenvalue weighted by molar-refractivity contribution is 0.300. The highest BCUT2D eigenvalue weighted by molar-refractivity contribution is 9.09. The highest BCUT2D eigenvalue weighted by Crippen LogP contribution is 2.37. The summed E-state index contributed by atoms with van der Waals surface area (Å²) in [5.41, 5.74) is 0.669. The molecule has 0 aliphatic heterocycles. The SMILES string of the molecule is N#Cc1ccc(OC[C@@H]2C[C@H]2Br)cc1. The van der Waals surface area contributed by atoms with E-state index in [1.165, 1.54) is 6.42 Å². The molecule has 2 atom stereocenters. The number of nitriles is 1. The third kappa shape index (κ3) is 2.27. The average Bonchev–Trinajstić information content (AvgIpc) is 2.92. The highest BCUT2D eigenvalue weighted by atomic mass is 79.9. The van der Waals surface area contributed by atoms with Gasteiger partial charge in [0.05, 0.1) is 18.2 Å². The van der Waals surface area contributed by atoms with Gasteiger partial charge in [-0.2, -0.15) is 5.26 Å². The molecule has 0 radical (unpaired) electrons. The molecule has 1 saturated carbocycles. The van der Waals surface area contributed by atoms with E-state index < -0.39 is 0 Å². The van der Waals surface area contributed by atoms with Gasteiger partial charge in [0.25, 0.3) is 0 Å². The van der Waals surface area contributed by atoms with Crippen LogP contribution in [0, 0.1) is 17.2 Å². The lowest BCUT2D eigenvalue weighted by atomic mass is 10.2. The van der Waals surface area contributed by atoms with Gasteiger partial charge in [-0.05, 0) is 30.7 Å². The van der Waals surface area contributed by atoms with Crippen LogP contribution in [0.25, 0.3) is 0 Å². The van der Waals surface area contributed by atoms with Crippen molar-refractivity contribution in [1.29, 1.82) is 5.26 Å². The zero-order valence-corrected chi connectivity index (χ0v) is 9.20. The van der Waals surface area contributed by atoms with Crippen LogP contribution in [0.2, 0.25) is 0 Å². The number of benzene rings is 1. The smallest absolute Gasteiger partial charge is 0.119 e. The maximum atomic E-state index is 8.59. The summed E-state index contributed by atoms with van der Waals surface area (Å²) in [5, 5.41) is 8.59. The molecule has 0 unspecified atom stereocenters. The molecule has 1 fully saturated rings. The molecule has 0 bridgehead atoms. The second-order valence-electron chi connectivity index (χ2n) is 3.46. The van der Waals surface area contributed by atoms with E-state index >= 15 is 0 Å². The molecule has 1 aliphatic rings. The van der Waals surface area contributed by atoms with E-state index in [4.69, 9.17) is 10.00 Å². The van der Waals surface area contributed by atoms with E-state index in [0.717, 1.165) is 12.4 Å². The average molecular weight is 252 g/mol. The van der Waals surface area contributed by atoms with Crippen LogP contribution in [-0.2, 0) is 0 Å². The molecule has 3 heteroatoms. The third-order valence-electron chi connectivity index (χ3n) is 2.28. The molecule has 1 aliphatic carbocycles. The van der Waals surface area contributed by atoms with Crippen molar-refractivity contribution in [2.45, 2.75) is 11.2 Å². The van der Waals surface area contributed by atoms with Crippen LogP contribution in [0.15, 0.2) is 24.3 Å². The second kappa shape index (κ2) is 4.02. The minimum absolute atomic E-state index is 0.640. The number of hydrogen-bond donors (Lipinski definition) is 0. The number of ether oxygens (including phenoxy) is 1. The van der Waals surface area contributed by atoms with Gasteiger partial charge in [0.15, 0.2) is 0 Å². The van der Waals surface area contributed by atoms with Crippen molar-refractivity contribution >= 4 is 15.9 Å². The fourth-order valence-corrected chi connectivity index (χ4v) is 1.84. The molecule has 0 N–H and O–H groups in total. The molecule has 0 aromatic heterocycles. The van der Waals surface area contributed by atoms with Gasteiger partial charge in [0, 0.05) is 10.7 Å². The molecular weight excluding hydrogens is 242 g/mol. The van der Waals surface area contributed by atoms with Gasteiger partial charge in [-0.3, -0.25) is 0 Å². The number of halogens is 1. The predicted molar refractivity (Wildman–Crippen MR) is 57.5 cm³/mol. The van der Waals surface area contributed by atoms with E-state index in [9.17, 15) is 0 Å². The van der Waals surface area contributed by atoms with Crippen molar-refractivity contribution in [3.05, 3.63) is 29.8 Å². The first-order valence-corrected chi connectivity index (χ1v) is 5.48. The lowest BCUT2D eigenvalue weighted by Crippen LogP contribution is -2.00. The number of hydrogen-bond acceptors (Lipinski definition) is 2. The summed E-state index contributed by atoms with van der Waals surface area (Å²) in [6.07, 6.45) is 1.20. The van der Waals surface area contributed by atoms with Crippen molar-refractivity contribution in [2.24, 2.45) is 5.92 Å². The van der Waals surface area contributed by atoms with Crippen molar-refractivity contribution in [3.8, 4) is 11.8 Å². The van der Waals surface area contributed by atoms with Crippen LogP contribution in [0.5, 0.6) is 5.75 Å². The van der Waals surface area contributed by atoms with Crippen molar-refractivity contribution in [3.63, 3.8) is 0 Å². The van der Waals surface area contributed by atoms with Crippen molar-refractivity contribution in [2.75, 3.05) is 6.61 Å². The van der Waals surface area contributed by atoms with E-state index in [1.807, 2.05) is 12.1 Å². The van der Waals surface area contributed by atoms with E-state index in [1.54, 1.807) is 12.1 Å². The molecule has 0 heterocycles. The Kier molecular flexibility index (Phi) is 2.74. The number of rotatable bonds is 3. The zero-order valence-electron chi connectivity index (χ0n) is 7.61. The Balaban J connectivity index is 1.87. The maximum Gasteiger partial charge on any atom is 0.119 e. The van der Waals surface area contributed by atoms with Gasteiger partial charge >= 0.3 is 0 Å². The van der Waals surface area contributed by atoms with Crippen LogP contribution in [0.3, 0.4) is 0 Å². The summed E-state index contributed by atoms with van der Waals surface area (Å²) in [4.78, 5) is 0.640. The highest BCUT2D eigenvalue weighted by Gasteiger charge is 2.34. The third-order valence-corrected chi connectivity index (χ3v) is 3.41. The Bertz CT molecular complexity index is 355. The lowest BCUT2D eigenvalue weighted by Gasteiger charge is -2.04. The summed E-state index contributed by atoms with van der Waals surface area (Å²) in [6, 6.07) is 9.29. The molecule has 2 nitrogen and oxygen atoms in total. The molecule has 0 amide bonds. The molecule has 1 aromatic rings. The first-order valence-electron chi connectivity index (χ1n) is 4.56. The largest absolute Gasteiger partial charge is 0.493 e. The minimum Gasteiger partial charge on any atom is -0.493 e. The van der Waals surface area contributed by atoms with Crippen LogP contribution in [0.4, 0.5) is 0 Å². The molecule has 0 saturated heterocycles. The predicted octanol–water partition coefficient (Wildman–Crippen LogP) is 2.72. The van der Waals surface area contributed by atoms with Crippen LogP contribution < -0.4 is 4.74 Å². The zero-order chi connectivity index (χ0) is 9.97. The minimum atomic E-state index is 0.640. The summed E-state index contributed by atoms with van der Waals surface area (Å²) >= 11 is 3.52. The van der Waals surface area contributed by atoms with Gasteiger partial charge in [-0.15, -0.1) is 0 Å². The molecule has 1 aromatic carbocycles. The molecule has 72 valence electrons. The molecular formula is C11H10BrNO. The van der Waals surface area contributed by atoms with E-state index in [0.29, 0.717) is 16.3 Å². The summed E-state index contributed by atoms with van der Waals surface area (Å²) in [6.45, 7) is 0.766. The van der Waals surface area contributed by atoms with Crippen molar-refractivity contribution in [1.82, 2.24) is 0 Å². The quantitative estimate of drug-likeness (QED) is 0.775.